The van der Waals surface area contributed by atoms with Gasteiger partial charge in [0.25, 0.3) is 0 Å². The molecule has 100 valence electrons. The minimum atomic E-state index is -4.33. The number of halogens is 3. The summed E-state index contributed by atoms with van der Waals surface area (Å²) in [5.41, 5.74) is 0.544. The molecule has 0 radical (unpaired) electrons. The van der Waals surface area contributed by atoms with E-state index < -0.39 is 11.7 Å². The Balaban J connectivity index is 1.81. The molecule has 0 aliphatic carbocycles. The van der Waals surface area contributed by atoms with Gasteiger partial charge in [0.1, 0.15) is 5.82 Å². The molecule has 19 heavy (non-hydrogen) atoms. The Morgan fingerprint density at radius 2 is 2.05 bits per heavy atom. The maximum Gasteiger partial charge on any atom is 0.417 e. The largest absolute Gasteiger partial charge is 0.417 e. The van der Waals surface area contributed by atoms with Gasteiger partial charge in [0.15, 0.2) is 0 Å². The number of hydrogen-bond acceptors (Lipinski definition) is 3. The van der Waals surface area contributed by atoms with Crippen LogP contribution in [0.3, 0.4) is 0 Å². The zero-order valence-electron chi connectivity index (χ0n) is 9.94. The summed E-state index contributed by atoms with van der Waals surface area (Å²) >= 11 is 1.73. The second kappa shape index (κ2) is 4.52. The SMILES string of the molecule is FC(F)(F)c1ccc(N2CCc3sccc3C2)nc1. The molecule has 1 aliphatic heterocycles. The Kier molecular flexibility index (Phi) is 2.97. The molecule has 0 fully saturated rings. The molecule has 3 heterocycles. The van der Waals surface area contributed by atoms with Gasteiger partial charge in [-0.2, -0.15) is 13.2 Å². The Morgan fingerprint density at radius 3 is 2.74 bits per heavy atom. The van der Waals surface area contributed by atoms with Gasteiger partial charge >= 0.3 is 6.18 Å². The molecule has 6 heteroatoms. The number of pyridine rings is 1. The summed E-state index contributed by atoms with van der Waals surface area (Å²) in [6.07, 6.45) is -2.50. The molecule has 0 amide bonds. The molecule has 0 bridgehead atoms. The summed E-state index contributed by atoms with van der Waals surface area (Å²) in [4.78, 5) is 7.31. The van der Waals surface area contributed by atoms with Gasteiger partial charge in [-0.3, -0.25) is 0 Å². The molecule has 2 aromatic heterocycles. The van der Waals surface area contributed by atoms with Crippen LogP contribution in [0.25, 0.3) is 0 Å². The summed E-state index contributed by atoms with van der Waals surface area (Å²) < 4.78 is 37.4. The smallest absolute Gasteiger partial charge is 0.352 e. The number of rotatable bonds is 1. The lowest BCUT2D eigenvalue weighted by molar-refractivity contribution is -0.137. The topological polar surface area (TPSA) is 16.1 Å². The van der Waals surface area contributed by atoms with Crippen LogP contribution < -0.4 is 4.90 Å². The fraction of sp³-hybridized carbons (Fsp3) is 0.308. The number of aromatic nitrogens is 1. The monoisotopic (exact) mass is 284 g/mol. The second-order valence-corrected chi connectivity index (χ2v) is 5.44. The molecule has 0 N–H and O–H groups in total. The minimum Gasteiger partial charge on any atom is -0.352 e. The number of fused-ring (bicyclic) bond motifs is 1. The zero-order valence-corrected chi connectivity index (χ0v) is 10.8. The molecule has 0 saturated heterocycles. The van der Waals surface area contributed by atoms with Crippen molar-refractivity contribution in [1.29, 1.82) is 0 Å². The Labute approximate surface area is 112 Å². The Morgan fingerprint density at radius 1 is 1.21 bits per heavy atom. The maximum absolute atomic E-state index is 12.5. The van der Waals surface area contributed by atoms with Crippen molar-refractivity contribution in [3.63, 3.8) is 0 Å². The van der Waals surface area contributed by atoms with Crippen LogP contribution in [0.1, 0.15) is 16.0 Å². The van der Waals surface area contributed by atoms with Gasteiger partial charge in [0.2, 0.25) is 0 Å². The van der Waals surface area contributed by atoms with Crippen LogP contribution in [0, 0.1) is 0 Å². The van der Waals surface area contributed by atoms with E-state index in [1.165, 1.54) is 16.5 Å². The molecule has 3 rings (SSSR count). The summed E-state index contributed by atoms with van der Waals surface area (Å²) in [7, 11) is 0. The van der Waals surface area contributed by atoms with Crippen molar-refractivity contribution in [2.45, 2.75) is 19.1 Å². The average molecular weight is 284 g/mol. The number of thiophene rings is 1. The van der Waals surface area contributed by atoms with E-state index in [9.17, 15) is 13.2 Å². The van der Waals surface area contributed by atoms with Gasteiger partial charge in [-0.1, -0.05) is 0 Å². The van der Waals surface area contributed by atoms with Crippen LogP contribution in [0.4, 0.5) is 19.0 Å². The van der Waals surface area contributed by atoms with Gasteiger partial charge in [0, 0.05) is 24.2 Å². The van der Waals surface area contributed by atoms with Crippen LogP contribution >= 0.6 is 11.3 Å². The summed E-state index contributed by atoms with van der Waals surface area (Å²) in [5, 5.41) is 2.05. The molecule has 0 saturated carbocycles. The number of nitrogens with zero attached hydrogens (tertiary/aromatic N) is 2. The highest BCUT2D eigenvalue weighted by Crippen LogP contribution is 2.31. The predicted octanol–water partition coefficient (Wildman–Crippen LogP) is 3.72. The van der Waals surface area contributed by atoms with Crippen molar-refractivity contribution in [2.75, 3.05) is 11.4 Å². The van der Waals surface area contributed by atoms with Gasteiger partial charge in [-0.15, -0.1) is 11.3 Å². The maximum atomic E-state index is 12.5. The van der Waals surface area contributed by atoms with Crippen LogP contribution in [0.5, 0.6) is 0 Å². The summed E-state index contributed by atoms with van der Waals surface area (Å²) in [6.45, 7) is 1.52. The average Bonchev–Trinajstić information content (AvgIpc) is 2.85. The second-order valence-electron chi connectivity index (χ2n) is 4.44. The van der Waals surface area contributed by atoms with E-state index in [-0.39, 0.29) is 0 Å². The fourth-order valence-electron chi connectivity index (χ4n) is 2.18. The molecule has 0 atom stereocenters. The van der Waals surface area contributed by atoms with Crippen LogP contribution in [-0.4, -0.2) is 11.5 Å². The number of anilines is 1. The highest BCUT2D eigenvalue weighted by Gasteiger charge is 2.31. The van der Waals surface area contributed by atoms with Crippen LogP contribution in [-0.2, 0) is 19.1 Å². The Hall–Kier alpha value is -1.56. The van der Waals surface area contributed by atoms with Crippen LogP contribution in [0.15, 0.2) is 29.8 Å². The molecule has 0 aromatic carbocycles. The number of alkyl halides is 3. The molecule has 0 unspecified atom stereocenters. The van der Waals surface area contributed by atoms with E-state index >= 15 is 0 Å². The van der Waals surface area contributed by atoms with Crippen molar-refractivity contribution in [3.8, 4) is 0 Å². The first-order valence-electron chi connectivity index (χ1n) is 5.87. The van der Waals surface area contributed by atoms with E-state index in [0.717, 1.165) is 31.8 Å². The summed E-state index contributed by atoms with van der Waals surface area (Å²) in [6, 6.07) is 4.60. The van der Waals surface area contributed by atoms with E-state index in [4.69, 9.17) is 0 Å². The third-order valence-corrected chi connectivity index (χ3v) is 4.23. The standard InChI is InChI=1S/C13H11F3N2S/c14-13(15,16)10-1-2-12(17-7-10)18-5-3-11-9(8-18)4-6-19-11/h1-2,4,6-7H,3,5,8H2. The summed E-state index contributed by atoms with van der Waals surface area (Å²) in [5.74, 6) is 0.602. The quantitative estimate of drug-likeness (QED) is 0.793. The van der Waals surface area contributed by atoms with E-state index in [0.29, 0.717) is 5.82 Å². The van der Waals surface area contributed by atoms with Gasteiger partial charge < -0.3 is 4.90 Å². The van der Waals surface area contributed by atoms with Crippen molar-refractivity contribution >= 4 is 17.2 Å². The normalized spacial score (nSPS) is 15.4. The van der Waals surface area contributed by atoms with Crippen molar-refractivity contribution in [3.05, 3.63) is 45.8 Å². The van der Waals surface area contributed by atoms with Gasteiger partial charge in [0.05, 0.1) is 5.56 Å². The Bertz CT molecular complexity index is 574. The lowest BCUT2D eigenvalue weighted by Gasteiger charge is -2.28. The van der Waals surface area contributed by atoms with E-state index in [1.807, 2.05) is 10.3 Å². The van der Waals surface area contributed by atoms with Gasteiger partial charge in [-0.05, 0) is 35.6 Å². The van der Waals surface area contributed by atoms with Crippen molar-refractivity contribution in [1.82, 2.24) is 4.98 Å². The van der Waals surface area contributed by atoms with Gasteiger partial charge in [-0.25, -0.2) is 4.98 Å². The molecular weight excluding hydrogens is 273 g/mol. The minimum absolute atomic E-state index is 0.602. The van der Waals surface area contributed by atoms with Crippen molar-refractivity contribution < 1.29 is 13.2 Å². The molecule has 2 nitrogen and oxygen atoms in total. The third kappa shape index (κ3) is 2.45. The molecule has 2 aromatic rings. The highest BCUT2D eigenvalue weighted by atomic mass is 32.1. The lowest BCUT2D eigenvalue weighted by Crippen LogP contribution is -2.30. The van der Waals surface area contributed by atoms with E-state index in [2.05, 4.69) is 11.1 Å². The van der Waals surface area contributed by atoms with E-state index in [1.54, 1.807) is 11.3 Å². The third-order valence-electron chi connectivity index (χ3n) is 3.21. The first-order chi connectivity index (χ1) is 9.04. The highest BCUT2D eigenvalue weighted by molar-refractivity contribution is 7.10. The lowest BCUT2D eigenvalue weighted by atomic mass is 10.1. The molecule has 0 spiro atoms. The zero-order chi connectivity index (χ0) is 13.5. The molecule has 1 aliphatic rings. The van der Waals surface area contributed by atoms with Crippen molar-refractivity contribution in [2.24, 2.45) is 0 Å². The number of hydrogen-bond donors (Lipinski definition) is 0. The predicted molar refractivity (Wildman–Crippen MR) is 68.3 cm³/mol. The first-order valence-corrected chi connectivity index (χ1v) is 6.75. The fourth-order valence-corrected chi connectivity index (χ4v) is 3.07. The first kappa shape index (κ1) is 12.5. The van der Waals surface area contributed by atoms with Crippen LogP contribution in [0.2, 0.25) is 0 Å². The molecular formula is C13H11F3N2S.